The summed E-state index contributed by atoms with van der Waals surface area (Å²) in [5.74, 6) is -0.150. The molecular weight excluding hydrogens is 162 g/mol. The molecule has 1 aliphatic rings. The third-order valence-electron chi connectivity index (χ3n) is 1.65. The van der Waals surface area contributed by atoms with E-state index in [9.17, 15) is 4.79 Å². The zero-order valence-electron chi connectivity index (χ0n) is 7.19. The van der Waals surface area contributed by atoms with E-state index in [1.807, 2.05) is 0 Å². The lowest BCUT2D eigenvalue weighted by molar-refractivity contribution is -0.284. The number of hydrogen-bond donors (Lipinski definition) is 1. The quantitative estimate of drug-likeness (QED) is 0.606. The van der Waals surface area contributed by atoms with Crippen molar-refractivity contribution < 1.29 is 19.5 Å². The average molecular weight is 175 g/mol. The van der Waals surface area contributed by atoms with Gasteiger partial charge in [0.15, 0.2) is 12.5 Å². The maximum atomic E-state index is 11.1. The maximum Gasteiger partial charge on any atom is 0.248 e. The normalized spacial score (nSPS) is 26.4. The van der Waals surface area contributed by atoms with Crippen molar-refractivity contribution in [2.45, 2.75) is 32.3 Å². The lowest BCUT2D eigenvalue weighted by Crippen LogP contribution is -2.37. The molecule has 0 aliphatic carbocycles. The van der Waals surface area contributed by atoms with Crippen molar-refractivity contribution in [3.63, 3.8) is 0 Å². The molecule has 0 aromatic carbocycles. The fraction of sp³-hybridized carbons (Fsp3) is 0.857. The summed E-state index contributed by atoms with van der Waals surface area (Å²) in [6, 6.07) is 0. The minimum absolute atomic E-state index is 0.150. The highest BCUT2D eigenvalue weighted by atomic mass is 16.8. The minimum atomic E-state index is -0.982. The average Bonchev–Trinajstić information content (AvgIpc) is 2.32. The van der Waals surface area contributed by atoms with Gasteiger partial charge in [0.1, 0.15) is 0 Å². The van der Waals surface area contributed by atoms with Crippen LogP contribution >= 0.6 is 0 Å². The lowest BCUT2D eigenvalue weighted by Gasteiger charge is -2.23. The van der Waals surface area contributed by atoms with E-state index in [1.54, 1.807) is 0 Å². The zero-order chi connectivity index (χ0) is 9.14. The number of aliphatic hydroxyl groups is 1. The predicted molar refractivity (Wildman–Crippen MR) is 39.6 cm³/mol. The molecule has 0 spiro atoms. The van der Waals surface area contributed by atoms with Gasteiger partial charge in [-0.15, -0.1) is 0 Å². The third-order valence-corrected chi connectivity index (χ3v) is 1.65. The highest BCUT2D eigenvalue weighted by molar-refractivity contribution is 5.77. The van der Waals surface area contributed by atoms with Gasteiger partial charge in [0.05, 0.1) is 0 Å². The van der Waals surface area contributed by atoms with Crippen LogP contribution in [0.25, 0.3) is 0 Å². The molecule has 1 fully saturated rings. The van der Waals surface area contributed by atoms with Crippen LogP contribution in [0.15, 0.2) is 0 Å². The summed E-state index contributed by atoms with van der Waals surface area (Å²) in [6.07, 6.45) is -0.315. The van der Waals surface area contributed by atoms with Crippen molar-refractivity contribution in [2.24, 2.45) is 0 Å². The highest BCUT2D eigenvalue weighted by Crippen LogP contribution is 2.19. The van der Waals surface area contributed by atoms with Crippen LogP contribution in [0.3, 0.4) is 0 Å². The summed E-state index contributed by atoms with van der Waals surface area (Å²) >= 11 is 0. The first-order chi connectivity index (χ1) is 5.65. The van der Waals surface area contributed by atoms with Crippen molar-refractivity contribution in [1.29, 1.82) is 0 Å². The van der Waals surface area contributed by atoms with Gasteiger partial charge in [-0.2, -0.15) is 5.06 Å². The van der Waals surface area contributed by atoms with E-state index in [0.717, 1.165) is 5.06 Å². The smallest absolute Gasteiger partial charge is 0.248 e. The van der Waals surface area contributed by atoms with Gasteiger partial charge in [0.2, 0.25) is 5.91 Å². The first kappa shape index (κ1) is 9.44. The van der Waals surface area contributed by atoms with Crippen LogP contribution in [0.1, 0.15) is 19.8 Å². The summed E-state index contributed by atoms with van der Waals surface area (Å²) in [5.41, 5.74) is 0. The number of rotatable bonds is 3. The second-order valence-corrected chi connectivity index (χ2v) is 2.65. The second-order valence-electron chi connectivity index (χ2n) is 2.65. The van der Waals surface area contributed by atoms with E-state index in [0.29, 0.717) is 12.8 Å². The van der Waals surface area contributed by atoms with E-state index in [4.69, 9.17) is 14.7 Å². The summed E-state index contributed by atoms with van der Waals surface area (Å²) in [6.45, 7) is 1.44. The largest absolute Gasteiger partial charge is 0.366 e. The fourth-order valence-corrected chi connectivity index (χ4v) is 1.14. The Morgan fingerprint density at radius 2 is 2.42 bits per heavy atom. The molecule has 1 heterocycles. The van der Waals surface area contributed by atoms with Gasteiger partial charge >= 0.3 is 0 Å². The van der Waals surface area contributed by atoms with E-state index >= 15 is 0 Å². The molecule has 12 heavy (non-hydrogen) atoms. The summed E-state index contributed by atoms with van der Waals surface area (Å²) in [5, 5.41) is 9.96. The second kappa shape index (κ2) is 3.84. The monoisotopic (exact) mass is 175 g/mol. The number of carbonyl (C=O) groups is 1. The molecule has 0 bridgehead atoms. The molecule has 0 aromatic heterocycles. The molecule has 0 saturated carbocycles. The van der Waals surface area contributed by atoms with E-state index in [2.05, 4.69) is 0 Å². The molecule has 1 aliphatic heterocycles. The molecule has 2 unspecified atom stereocenters. The zero-order valence-corrected chi connectivity index (χ0v) is 7.19. The fourth-order valence-electron chi connectivity index (χ4n) is 1.14. The number of aliphatic hydroxyl groups excluding tert-OH is 1. The predicted octanol–water partition coefficient (Wildman–Crippen LogP) is -0.149. The van der Waals surface area contributed by atoms with Crippen molar-refractivity contribution in [3.05, 3.63) is 0 Å². The molecule has 1 saturated heterocycles. The highest BCUT2D eigenvalue weighted by Gasteiger charge is 2.32. The number of hydrogen-bond acceptors (Lipinski definition) is 4. The topological polar surface area (TPSA) is 59.0 Å². The summed E-state index contributed by atoms with van der Waals surface area (Å²) in [4.78, 5) is 15.9. The van der Waals surface area contributed by atoms with Crippen LogP contribution in [0.4, 0.5) is 0 Å². The number of methoxy groups -OCH3 is 1. The molecule has 1 rings (SSSR count). The van der Waals surface area contributed by atoms with Crippen molar-refractivity contribution in [2.75, 3.05) is 7.11 Å². The van der Waals surface area contributed by atoms with Crippen LogP contribution in [0.2, 0.25) is 0 Å². The van der Waals surface area contributed by atoms with Gasteiger partial charge in [-0.1, -0.05) is 0 Å². The summed E-state index contributed by atoms with van der Waals surface area (Å²) in [7, 11) is 1.50. The first-order valence-electron chi connectivity index (χ1n) is 3.85. The Balaban J connectivity index is 2.52. The Labute approximate surface area is 70.8 Å². The molecule has 1 amide bonds. The van der Waals surface area contributed by atoms with Crippen molar-refractivity contribution in [3.8, 4) is 0 Å². The van der Waals surface area contributed by atoms with Gasteiger partial charge in [0, 0.05) is 20.0 Å². The summed E-state index contributed by atoms with van der Waals surface area (Å²) < 4.78 is 4.96. The SMILES string of the molecule is COC1CCC(=O)N1OC(C)O. The van der Waals surface area contributed by atoms with E-state index in [1.165, 1.54) is 14.0 Å². The number of ether oxygens (including phenoxy) is 1. The molecule has 1 N–H and O–H groups in total. The standard InChI is InChI=1S/C7H13NO4/c1-5(9)12-8-6(10)3-4-7(8)11-2/h5,7,9H,3-4H2,1-2H3. The van der Waals surface area contributed by atoms with E-state index in [-0.39, 0.29) is 12.1 Å². The van der Waals surface area contributed by atoms with Gasteiger partial charge in [-0.05, 0) is 6.92 Å². The Bertz CT molecular complexity index is 171. The minimum Gasteiger partial charge on any atom is -0.366 e. The van der Waals surface area contributed by atoms with E-state index < -0.39 is 6.29 Å². The molecule has 0 radical (unpaired) electrons. The van der Waals surface area contributed by atoms with Crippen LogP contribution in [0, 0.1) is 0 Å². The van der Waals surface area contributed by atoms with Crippen LogP contribution in [-0.4, -0.2) is 35.7 Å². The van der Waals surface area contributed by atoms with Crippen molar-refractivity contribution >= 4 is 5.91 Å². The molecule has 5 nitrogen and oxygen atoms in total. The van der Waals surface area contributed by atoms with Crippen LogP contribution < -0.4 is 0 Å². The molecular formula is C7H13NO4. The Morgan fingerprint density at radius 1 is 1.75 bits per heavy atom. The lowest BCUT2D eigenvalue weighted by atomic mass is 10.4. The first-order valence-corrected chi connectivity index (χ1v) is 3.85. The Morgan fingerprint density at radius 3 is 2.92 bits per heavy atom. The molecule has 5 heteroatoms. The molecule has 0 aromatic rings. The van der Waals surface area contributed by atoms with Crippen LogP contribution in [-0.2, 0) is 14.4 Å². The maximum absolute atomic E-state index is 11.1. The number of nitrogens with zero attached hydrogens (tertiary/aromatic N) is 1. The van der Waals surface area contributed by atoms with Gasteiger partial charge in [-0.3, -0.25) is 4.79 Å². The number of amides is 1. The van der Waals surface area contributed by atoms with Gasteiger partial charge in [0.25, 0.3) is 0 Å². The van der Waals surface area contributed by atoms with Crippen LogP contribution in [0.5, 0.6) is 0 Å². The Kier molecular flexibility index (Phi) is 3.02. The number of carbonyl (C=O) groups excluding carboxylic acids is 1. The van der Waals surface area contributed by atoms with Gasteiger partial charge in [-0.25, -0.2) is 4.84 Å². The Hall–Kier alpha value is -0.650. The molecule has 2 atom stereocenters. The number of hydroxylamine groups is 2. The van der Waals surface area contributed by atoms with Gasteiger partial charge < -0.3 is 9.84 Å². The van der Waals surface area contributed by atoms with Crippen molar-refractivity contribution in [1.82, 2.24) is 5.06 Å². The molecule has 70 valence electrons. The third kappa shape index (κ3) is 1.94.